The number of nitrogens with one attached hydrogen (secondary N) is 1. The third kappa shape index (κ3) is 3.75. The van der Waals surface area contributed by atoms with Gasteiger partial charge in [0.2, 0.25) is 5.91 Å². The third-order valence-corrected chi connectivity index (χ3v) is 4.42. The highest BCUT2D eigenvalue weighted by Crippen LogP contribution is 2.37. The number of rotatable bonds is 2. The van der Waals surface area contributed by atoms with E-state index in [1.165, 1.54) is 0 Å². The molecule has 1 heterocycles. The summed E-state index contributed by atoms with van der Waals surface area (Å²) in [5.74, 6) is -0.939. The summed E-state index contributed by atoms with van der Waals surface area (Å²) in [7, 11) is -4.29. The fraction of sp³-hybridized carbons (Fsp3) is 0.364. The molecule has 2 rings (SSSR count). The molecule has 5 nitrogen and oxygen atoms in total. The van der Waals surface area contributed by atoms with Crippen molar-refractivity contribution in [1.82, 2.24) is 9.03 Å². The van der Waals surface area contributed by atoms with E-state index in [1.54, 1.807) is 4.72 Å². The topological polar surface area (TPSA) is 66.5 Å². The summed E-state index contributed by atoms with van der Waals surface area (Å²) >= 11 is 0. The van der Waals surface area contributed by atoms with E-state index < -0.39 is 58.2 Å². The molecule has 0 atom stereocenters. The van der Waals surface area contributed by atoms with Crippen LogP contribution in [0.2, 0.25) is 0 Å². The van der Waals surface area contributed by atoms with E-state index in [-0.39, 0.29) is 6.07 Å². The van der Waals surface area contributed by atoms with E-state index in [1.807, 2.05) is 0 Å². The van der Waals surface area contributed by atoms with Gasteiger partial charge in [-0.3, -0.25) is 4.79 Å². The van der Waals surface area contributed by atoms with E-state index in [2.05, 4.69) is 0 Å². The molecule has 0 bridgehead atoms. The average Bonchev–Trinajstić information content (AvgIpc) is 2.59. The first-order chi connectivity index (χ1) is 10.3. The van der Waals surface area contributed by atoms with Crippen molar-refractivity contribution >= 4 is 16.1 Å². The molecule has 0 unspecified atom stereocenters. The third-order valence-electron chi connectivity index (χ3n) is 2.99. The minimum Gasteiger partial charge on any atom is -0.272 e. The molecule has 1 saturated heterocycles. The molecule has 1 aliphatic heterocycles. The molecular formula is C11H8F6N2O3S. The smallest absolute Gasteiger partial charge is 0.272 e. The van der Waals surface area contributed by atoms with Crippen molar-refractivity contribution in [1.29, 1.82) is 0 Å². The van der Waals surface area contributed by atoms with Crippen molar-refractivity contribution < 1.29 is 39.6 Å². The van der Waals surface area contributed by atoms with Crippen LogP contribution in [0.5, 0.6) is 0 Å². The van der Waals surface area contributed by atoms with Crippen molar-refractivity contribution in [3.63, 3.8) is 0 Å². The lowest BCUT2D eigenvalue weighted by atomic mass is 10.0. The van der Waals surface area contributed by atoms with Gasteiger partial charge in [0, 0.05) is 6.54 Å². The Hall–Kier alpha value is -1.82. The number of carbonyl (C=O) groups is 1. The molecule has 1 aromatic carbocycles. The fourth-order valence-electron chi connectivity index (χ4n) is 1.97. The lowest BCUT2D eigenvalue weighted by Gasteiger charge is -2.18. The van der Waals surface area contributed by atoms with Gasteiger partial charge in [0.15, 0.2) is 0 Å². The molecule has 1 aromatic rings. The van der Waals surface area contributed by atoms with Crippen molar-refractivity contribution in [2.75, 3.05) is 6.54 Å². The van der Waals surface area contributed by atoms with E-state index in [0.29, 0.717) is 16.4 Å². The first kappa shape index (κ1) is 17.5. The first-order valence-corrected chi connectivity index (χ1v) is 7.33. The Labute approximate surface area is 126 Å². The molecule has 23 heavy (non-hydrogen) atoms. The second-order valence-corrected chi connectivity index (χ2v) is 6.34. The minimum atomic E-state index is -5.11. The standard InChI is InChI=1S/C11H8F6N2O3S/c12-10(13,14)7-2-1-6(8(3-7)11(15,16)17)4-19-5-9(20)18-23(19,21)22/h1-3H,4-5H2,(H,18,20). The van der Waals surface area contributed by atoms with Crippen LogP contribution < -0.4 is 4.72 Å². The van der Waals surface area contributed by atoms with Gasteiger partial charge >= 0.3 is 22.6 Å². The first-order valence-electron chi connectivity index (χ1n) is 5.89. The Bertz CT molecular complexity index is 741. The summed E-state index contributed by atoms with van der Waals surface area (Å²) in [4.78, 5) is 11.0. The van der Waals surface area contributed by atoms with Crippen LogP contribution >= 0.6 is 0 Å². The summed E-state index contributed by atoms with van der Waals surface area (Å²) in [6.07, 6.45) is -10.1. The largest absolute Gasteiger partial charge is 0.416 e. The molecule has 1 aliphatic rings. The van der Waals surface area contributed by atoms with Crippen LogP contribution in [0, 0.1) is 0 Å². The minimum absolute atomic E-state index is 0.0900. The molecule has 12 heteroatoms. The second-order valence-electron chi connectivity index (χ2n) is 4.67. The summed E-state index contributed by atoms with van der Waals surface area (Å²) in [6.45, 7) is -1.59. The van der Waals surface area contributed by atoms with Gasteiger partial charge in [-0.1, -0.05) is 6.07 Å². The normalized spacial score (nSPS) is 19.0. The molecule has 1 N–H and O–H groups in total. The monoisotopic (exact) mass is 362 g/mol. The Morgan fingerprint density at radius 2 is 1.70 bits per heavy atom. The summed E-state index contributed by atoms with van der Waals surface area (Å²) in [5.41, 5.74) is -3.81. The second kappa shape index (κ2) is 5.37. The molecule has 0 aromatic heterocycles. The van der Waals surface area contributed by atoms with Crippen LogP contribution in [0.3, 0.4) is 0 Å². The van der Waals surface area contributed by atoms with Crippen molar-refractivity contribution in [2.45, 2.75) is 18.9 Å². The maximum absolute atomic E-state index is 12.9. The average molecular weight is 362 g/mol. The van der Waals surface area contributed by atoms with Crippen molar-refractivity contribution in [2.24, 2.45) is 0 Å². The van der Waals surface area contributed by atoms with Crippen LogP contribution in [-0.4, -0.2) is 25.2 Å². The Balaban J connectivity index is 2.45. The van der Waals surface area contributed by atoms with E-state index in [0.717, 1.165) is 0 Å². The molecular weight excluding hydrogens is 354 g/mol. The molecule has 0 saturated carbocycles. The molecule has 1 fully saturated rings. The predicted molar refractivity (Wildman–Crippen MR) is 63.9 cm³/mol. The van der Waals surface area contributed by atoms with Crippen molar-refractivity contribution in [3.05, 3.63) is 34.9 Å². The highest BCUT2D eigenvalue weighted by Gasteiger charge is 2.40. The van der Waals surface area contributed by atoms with E-state index in [4.69, 9.17) is 0 Å². The molecule has 128 valence electrons. The van der Waals surface area contributed by atoms with Crippen LogP contribution in [0.25, 0.3) is 0 Å². The Morgan fingerprint density at radius 3 is 2.13 bits per heavy atom. The van der Waals surface area contributed by atoms with Gasteiger partial charge in [0.1, 0.15) is 0 Å². The van der Waals surface area contributed by atoms with Gasteiger partial charge in [-0.05, 0) is 17.7 Å². The maximum atomic E-state index is 12.9. The zero-order valence-corrected chi connectivity index (χ0v) is 11.8. The summed E-state index contributed by atoms with van der Waals surface area (Å²) in [6, 6.07) is 0.875. The number of amides is 1. The number of nitrogens with zero attached hydrogens (tertiary/aromatic N) is 1. The molecule has 0 aliphatic carbocycles. The highest BCUT2D eigenvalue weighted by atomic mass is 32.2. The quantitative estimate of drug-likeness (QED) is 0.818. The van der Waals surface area contributed by atoms with E-state index >= 15 is 0 Å². The van der Waals surface area contributed by atoms with Crippen molar-refractivity contribution in [3.8, 4) is 0 Å². The number of benzene rings is 1. The number of halogens is 6. The fourth-order valence-corrected chi connectivity index (χ4v) is 3.05. The number of hydrogen-bond donors (Lipinski definition) is 1. The van der Waals surface area contributed by atoms with E-state index in [9.17, 15) is 39.6 Å². The Morgan fingerprint density at radius 1 is 1.09 bits per heavy atom. The van der Waals surface area contributed by atoms with Gasteiger partial charge in [0.05, 0.1) is 17.7 Å². The molecule has 1 amide bonds. The SMILES string of the molecule is O=C1CN(Cc2ccc(C(F)(F)F)cc2C(F)(F)F)S(=O)(=O)N1. The lowest BCUT2D eigenvalue weighted by molar-refractivity contribution is -0.143. The number of carbonyl (C=O) groups excluding carboxylic acids is 1. The van der Waals surface area contributed by atoms with Gasteiger partial charge in [0.25, 0.3) is 0 Å². The van der Waals surface area contributed by atoms with Crippen LogP contribution in [0.4, 0.5) is 26.3 Å². The predicted octanol–water partition coefficient (Wildman–Crippen LogP) is 1.90. The van der Waals surface area contributed by atoms with Gasteiger partial charge in [-0.2, -0.15) is 39.1 Å². The van der Waals surface area contributed by atoms with Crippen LogP contribution in [-0.2, 0) is 33.9 Å². The van der Waals surface area contributed by atoms with Gasteiger partial charge in [-0.15, -0.1) is 0 Å². The number of hydrogen-bond acceptors (Lipinski definition) is 3. The van der Waals surface area contributed by atoms with Gasteiger partial charge in [-0.25, -0.2) is 4.72 Å². The molecule has 0 spiro atoms. The zero-order valence-electron chi connectivity index (χ0n) is 11.0. The van der Waals surface area contributed by atoms with Gasteiger partial charge < -0.3 is 0 Å². The summed E-state index contributed by atoms with van der Waals surface area (Å²) < 4.78 is 101. The van der Waals surface area contributed by atoms with Crippen LogP contribution in [0.1, 0.15) is 16.7 Å². The molecule has 0 radical (unpaired) electrons. The Kier molecular flexibility index (Phi) is 4.09. The zero-order chi connectivity index (χ0) is 17.6. The summed E-state index contributed by atoms with van der Waals surface area (Å²) in [5, 5.41) is 0. The van der Waals surface area contributed by atoms with Crippen LogP contribution in [0.15, 0.2) is 18.2 Å². The maximum Gasteiger partial charge on any atom is 0.416 e. The highest BCUT2D eigenvalue weighted by molar-refractivity contribution is 7.88. The lowest BCUT2D eigenvalue weighted by Crippen LogP contribution is -2.30. The number of alkyl halides is 6.